The highest BCUT2D eigenvalue weighted by Crippen LogP contribution is 2.22. The molecule has 0 atom stereocenters. The lowest BCUT2D eigenvalue weighted by Crippen LogP contribution is -2.32. The lowest BCUT2D eigenvalue weighted by Gasteiger charge is -2.22. The van der Waals surface area contributed by atoms with Gasteiger partial charge in [0.1, 0.15) is 10.6 Å². The summed E-state index contributed by atoms with van der Waals surface area (Å²) < 4.78 is 34.4. The first-order valence-corrected chi connectivity index (χ1v) is 10.7. The predicted molar refractivity (Wildman–Crippen MR) is 111 cm³/mol. The smallest absolute Gasteiger partial charge is 0.354 e. The van der Waals surface area contributed by atoms with Gasteiger partial charge < -0.3 is 9.30 Å². The van der Waals surface area contributed by atoms with Gasteiger partial charge in [0.2, 0.25) is 10.0 Å². The first-order valence-electron chi connectivity index (χ1n) is 9.24. The van der Waals surface area contributed by atoms with Crippen molar-refractivity contribution in [3.05, 3.63) is 89.7 Å². The van der Waals surface area contributed by atoms with Crippen LogP contribution in [0.3, 0.4) is 0 Å². The van der Waals surface area contributed by atoms with E-state index in [4.69, 9.17) is 4.74 Å². The zero-order chi connectivity index (χ0) is 20.9. The van der Waals surface area contributed by atoms with E-state index in [1.807, 2.05) is 60.7 Å². The molecule has 29 heavy (non-hydrogen) atoms. The van der Waals surface area contributed by atoms with Gasteiger partial charge in [-0.2, -0.15) is 4.31 Å². The molecule has 2 aromatic carbocycles. The van der Waals surface area contributed by atoms with E-state index in [-0.39, 0.29) is 17.1 Å². The normalized spacial score (nSPS) is 11.6. The molecule has 6 nitrogen and oxygen atoms in total. The van der Waals surface area contributed by atoms with E-state index in [0.29, 0.717) is 13.0 Å². The van der Waals surface area contributed by atoms with E-state index in [0.717, 1.165) is 11.1 Å². The first-order chi connectivity index (χ1) is 13.9. The number of ether oxygens (including phenoxy) is 1. The Bertz CT molecular complexity index is 1060. The van der Waals surface area contributed by atoms with Crippen molar-refractivity contribution < 1.29 is 17.9 Å². The van der Waals surface area contributed by atoms with Crippen LogP contribution in [0.15, 0.2) is 77.8 Å². The van der Waals surface area contributed by atoms with Gasteiger partial charge in [0.05, 0.1) is 7.11 Å². The van der Waals surface area contributed by atoms with Gasteiger partial charge in [-0.15, -0.1) is 0 Å². The zero-order valence-electron chi connectivity index (χ0n) is 16.5. The molecule has 0 unspecified atom stereocenters. The molecule has 152 valence electrons. The number of nitrogens with zero attached hydrogens (tertiary/aromatic N) is 2. The molecule has 0 saturated heterocycles. The van der Waals surface area contributed by atoms with Gasteiger partial charge in [-0.25, -0.2) is 13.2 Å². The van der Waals surface area contributed by atoms with E-state index >= 15 is 0 Å². The van der Waals surface area contributed by atoms with Gasteiger partial charge in [-0.1, -0.05) is 60.7 Å². The summed E-state index contributed by atoms with van der Waals surface area (Å²) in [7, 11) is -0.917. The Hall–Kier alpha value is -2.90. The summed E-state index contributed by atoms with van der Waals surface area (Å²) in [5.74, 6) is -0.576. The molecule has 0 spiro atoms. The Labute approximate surface area is 171 Å². The van der Waals surface area contributed by atoms with Crippen LogP contribution in [0.4, 0.5) is 0 Å². The van der Waals surface area contributed by atoms with Crippen LogP contribution in [0.25, 0.3) is 0 Å². The van der Waals surface area contributed by atoms with E-state index in [1.54, 1.807) is 7.05 Å². The Balaban J connectivity index is 1.91. The molecule has 0 aliphatic heterocycles. The van der Waals surface area contributed by atoms with E-state index in [1.165, 1.54) is 28.2 Å². The fourth-order valence-electron chi connectivity index (χ4n) is 3.10. The second-order valence-electron chi connectivity index (χ2n) is 6.72. The monoisotopic (exact) mass is 412 g/mol. The number of methoxy groups -OCH3 is 1. The summed E-state index contributed by atoms with van der Waals surface area (Å²) >= 11 is 0. The summed E-state index contributed by atoms with van der Waals surface area (Å²) in [5.41, 5.74) is 2.14. The van der Waals surface area contributed by atoms with Crippen molar-refractivity contribution in [1.82, 2.24) is 8.87 Å². The Morgan fingerprint density at radius 1 is 1.00 bits per heavy atom. The molecular formula is C22H24N2O4S. The molecule has 0 bridgehead atoms. The Kier molecular flexibility index (Phi) is 6.51. The molecule has 0 aliphatic rings. The van der Waals surface area contributed by atoms with E-state index in [9.17, 15) is 13.2 Å². The van der Waals surface area contributed by atoms with Crippen LogP contribution in [0.1, 0.15) is 21.6 Å². The highest BCUT2D eigenvalue weighted by Gasteiger charge is 2.27. The molecule has 7 heteroatoms. The maximum Gasteiger partial charge on any atom is 0.354 e. The van der Waals surface area contributed by atoms with Crippen LogP contribution in [0, 0.1) is 0 Å². The number of hydrogen-bond acceptors (Lipinski definition) is 4. The minimum atomic E-state index is -3.81. The fourth-order valence-corrected chi connectivity index (χ4v) is 4.60. The molecule has 0 saturated carbocycles. The van der Waals surface area contributed by atoms with Crippen LogP contribution >= 0.6 is 0 Å². The van der Waals surface area contributed by atoms with Crippen molar-refractivity contribution in [1.29, 1.82) is 0 Å². The highest BCUT2D eigenvalue weighted by atomic mass is 32.2. The first kappa shape index (κ1) is 20.8. The number of esters is 1. The molecule has 1 aromatic heterocycles. The average molecular weight is 413 g/mol. The maximum atomic E-state index is 13.4. The van der Waals surface area contributed by atoms with Crippen LogP contribution in [-0.4, -0.2) is 36.9 Å². The molecular weight excluding hydrogens is 388 g/mol. The van der Waals surface area contributed by atoms with Gasteiger partial charge in [0, 0.05) is 26.3 Å². The molecule has 3 aromatic rings. The number of hydrogen-bond donors (Lipinski definition) is 0. The Morgan fingerprint density at radius 2 is 1.59 bits per heavy atom. The van der Waals surface area contributed by atoms with Gasteiger partial charge in [0.25, 0.3) is 0 Å². The van der Waals surface area contributed by atoms with E-state index < -0.39 is 16.0 Å². The summed E-state index contributed by atoms with van der Waals surface area (Å²) in [4.78, 5) is 12.0. The number of carbonyl (C=O) groups is 1. The quantitative estimate of drug-likeness (QED) is 0.533. The fraction of sp³-hybridized carbons (Fsp3) is 0.227. The zero-order valence-corrected chi connectivity index (χ0v) is 17.3. The topological polar surface area (TPSA) is 68.6 Å². The average Bonchev–Trinajstić information content (AvgIpc) is 3.14. The van der Waals surface area contributed by atoms with Crippen molar-refractivity contribution >= 4 is 16.0 Å². The second kappa shape index (κ2) is 9.07. The third-order valence-corrected chi connectivity index (χ3v) is 6.52. The molecule has 1 heterocycles. The van der Waals surface area contributed by atoms with Crippen LogP contribution in [0.5, 0.6) is 0 Å². The number of aryl methyl sites for hydroxylation is 1. The van der Waals surface area contributed by atoms with Gasteiger partial charge in [0.15, 0.2) is 0 Å². The summed E-state index contributed by atoms with van der Waals surface area (Å²) in [5, 5.41) is 0. The van der Waals surface area contributed by atoms with Crippen molar-refractivity contribution in [2.75, 3.05) is 13.7 Å². The SMILES string of the molecule is COC(=O)c1cc(S(=O)(=O)N(CCc2ccccc2)Cc2ccccc2)cn1C. The minimum absolute atomic E-state index is 0.0735. The Morgan fingerprint density at radius 3 is 2.17 bits per heavy atom. The minimum Gasteiger partial charge on any atom is -0.464 e. The van der Waals surface area contributed by atoms with Crippen LogP contribution in [0.2, 0.25) is 0 Å². The molecule has 3 rings (SSSR count). The van der Waals surface area contributed by atoms with Crippen molar-refractivity contribution in [2.45, 2.75) is 17.9 Å². The standard InChI is InChI=1S/C22H24N2O4S/c1-23-17-20(15-21(23)22(25)28-2)29(26,27)24(16-19-11-7-4-8-12-19)14-13-18-9-5-3-6-10-18/h3-12,15,17H,13-14,16H2,1-2H3. The van der Waals surface area contributed by atoms with Gasteiger partial charge in [-0.3, -0.25) is 0 Å². The summed E-state index contributed by atoms with van der Waals surface area (Å²) in [6.45, 7) is 0.572. The van der Waals surface area contributed by atoms with Crippen LogP contribution in [-0.2, 0) is 34.8 Å². The summed E-state index contributed by atoms with van der Waals surface area (Å²) in [6, 6.07) is 20.6. The number of benzene rings is 2. The molecule has 0 aliphatic carbocycles. The van der Waals surface area contributed by atoms with Crippen molar-refractivity contribution in [3.63, 3.8) is 0 Å². The van der Waals surface area contributed by atoms with Crippen LogP contribution < -0.4 is 0 Å². The molecule has 0 radical (unpaired) electrons. The predicted octanol–water partition coefficient (Wildman–Crippen LogP) is 3.25. The largest absolute Gasteiger partial charge is 0.464 e. The molecule has 0 fully saturated rings. The molecule has 0 N–H and O–H groups in total. The lowest BCUT2D eigenvalue weighted by molar-refractivity contribution is 0.0590. The highest BCUT2D eigenvalue weighted by molar-refractivity contribution is 7.89. The third kappa shape index (κ3) is 4.93. The van der Waals surface area contributed by atoms with Gasteiger partial charge >= 0.3 is 5.97 Å². The molecule has 0 amide bonds. The number of sulfonamides is 1. The van der Waals surface area contributed by atoms with Gasteiger partial charge in [-0.05, 0) is 23.6 Å². The number of rotatable bonds is 8. The number of aromatic nitrogens is 1. The van der Waals surface area contributed by atoms with Crippen molar-refractivity contribution in [3.8, 4) is 0 Å². The van der Waals surface area contributed by atoms with E-state index in [2.05, 4.69) is 0 Å². The third-order valence-electron chi connectivity index (χ3n) is 4.71. The maximum absolute atomic E-state index is 13.4. The van der Waals surface area contributed by atoms with Crippen molar-refractivity contribution in [2.24, 2.45) is 7.05 Å². The number of carbonyl (C=O) groups excluding carboxylic acids is 1. The lowest BCUT2D eigenvalue weighted by atomic mass is 10.1. The second-order valence-corrected chi connectivity index (χ2v) is 8.66. The summed E-state index contributed by atoms with van der Waals surface area (Å²) in [6.07, 6.45) is 2.03.